The third-order valence-electron chi connectivity index (χ3n) is 5.89. The third-order valence-corrected chi connectivity index (χ3v) is 5.89. The van der Waals surface area contributed by atoms with E-state index in [0.717, 1.165) is 32.4 Å². The molecular weight excluding hydrogens is 280 g/mol. The fourth-order valence-corrected chi connectivity index (χ4v) is 4.26. The Kier molecular flexibility index (Phi) is 4.71. The number of nitrogens with zero attached hydrogens (tertiary/aromatic N) is 1. The van der Waals surface area contributed by atoms with Crippen molar-refractivity contribution in [1.82, 2.24) is 10.2 Å². The molecule has 0 unspecified atom stereocenters. The summed E-state index contributed by atoms with van der Waals surface area (Å²) in [4.78, 5) is 26.4. The Morgan fingerprint density at radius 1 is 1.00 bits per heavy atom. The van der Waals surface area contributed by atoms with Crippen molar-refractivity contribution >= 4 is 11.9 Å². The molecule has 1 heterocycles. The molecule has 2 aliphatic carbocycles. The molecule has 0 spiro atoms. The molecule has 0 aromatic carbocycles. The zero-order chi connectivity index (χ0) is 15.6. The maximum atomic E-state index is 12.5. The quantitative estimate of drug-likeness (QED) is 0.835. The molecule has 0 aromatic rings. The number of hydrogen-bond acceptors (Lipinski definition) is 3. The van der Waals surface area contributed by atoms with Crippen molar-refractivity contribution in [1.29, 1.82) is 0 Å². The average molecular weight is 308 g/mol. The number of carboxylic acids is 1. The summed E-state index contributed by atoms with van der Waals surface area (Å²) < 4.78 is 0. The first-order valence-corrected chi connectivity index (χ1v) is 8.90. The van der Waals surface area contributed by atoms with Gasteiger partial charge in [-0.1, -0.05) is 19.3 Å². The molecule has 3 fully saturated rings. The average Bonchev–Trinajstić information content (AvgIpc) is 2.51. The highest BCUT2D eigenvalue weighted by Crippen LogP contribution is 2.33. The highest BCUT2D eigenvalue weighted by molar-refractivity contribution is 5.89. The van der Waals surface area contributed by atoms with Crippen molar-refractivity contribution in [2.75, 3.05) is 13.1 Å². The predicted molar refractivity (Wildman–Crippen MR) is 83.5 cm³/mol. The van der Waals surface area contributed by atoms with E-state index in [1.54, 1.807) is 0 Å². The van der Waals surface area contributed by atoms with E-state index in [0.29, 0.717) is 18.9 Å². The van der Waals surface area contributed by atoms with Crippen LogP contribution in [0.25, 0.3) is 0 Å². The van der Waals surface area contributed by atoms with Crippen molar-refractivity contribution in [2.45, 2.75) is 75.8 Å². The second kappa shape index (κ2) is 6.57. The van der Waals surface area contributed by atoms with Gasteiger partial charge in [0, 0.05) is 12.6 Å². The van der Waals surface area contributed by atoms with Crippen LogP contribution in [0.4, 0.5) is 0 Å². The summed E-state index contributed by atoms with van der Waals surface area (Å²) in [6, 6.07) is 0.640. The van der Waals surface area contributed by atoms with E-state index < -0.39 is 11.5 Å². The highest BCUT2D eigenvalue weighted by Gasteiger charge is 2.46. The number of carbonyl (C=O) groups excluding carboxylic acids is 1. The number of likely N-dealkylation sites (tertiary alicyclic amines) is 1. The Balaban J connectivity index is 1.57. The standard InChI is InChI=1S/C17H28N2O3/c20-15(18-17(16(21)22)9-5-10-17)13-6-4-11-19(12-13)14-7-2-1-3-8-14/h13-14H,1-12H2,(H,18,20)(H,21,22)/t13-/m1/s1. The lowest BCUT2D eigenvalue weighted by Gasteiger charge is -2.42. The second-order valence-corrected chi connectivity index (χ2v) is 7.36. The predicted octanol–water partition coefficient (Wildman–Crippen LogP) is 2.15. The lowest BCUT2D eigenvalue weighted by Crippen LogP contribution is -2.61. The van der Waals surface area contributed by atoms with Crippen LogP contribution in [0.2, 0.25) is 0 Å². The maximum Gasteiger partial charge on any atom is 0.329 e. The van der Waals surface area contributed by atoms with E-state index in [4.69, 9.17) is 0 Å². The first-order chi connectivity index (χ1) is 10.6. The van der Waals surface area contributed by atoms with Gasteiger partial charge in [-0.3, -0.25) is 9.69 Å². The van der Waals surface area contributed by atoms with Gasteiger partial charge in [0.1, 0.15) is 5.54 Å². The van der Waals surface area contributed by atoms with Crippen LogP contribution in [0.5, 0.6) is 0 Å². The van der Waals surface area contributed by atoms with E-state index in [9.17, 15) is 14.7 Å². The molecule has 2 N–H and O–H groups in total. The van der Waals surface area contributed by atoms with Crippen molar-refractivity contribution in [3.05, 3.63) is 0 Å². The van der Waals surface area contributed by atoms with Crippen LogP contribution in [-0.4, -0.2) is 46.6 Å². The molecule has 5 heteroatoms. The summed E-state index contributed by atoms with van der Waals surface area (Å²) in [6.45, 7) is 1.91. The summed E-state index contributed by atoms with van der Waals surface area (Å²) in [5, 5.41) is 12.2. The summed E-state index contributed by atoms with van der Waals surface area (Å²) in [5.74, 6) is -0.942. The molecule has 124 valence electrons. The smallest absolute Gasteiger partial charge is 0.329 e. The van der Waals surface area contributed by atoms with Gasteiger partial charge in [-0.05, 0) is 51.5 Å². The van der Waals surface area contributed by atoms with Crippen LogP contribution < -0.4 is 5.32 Å². The van der Waals surface area contributed by atoms with Crippen molar-refractivity contribution in [3.63, 3.8) is 0 Å². The first kappa shape index (κ1) is 15.8. The van der Waals surface area contributed by atoms with Gasteiger partial charge in [-0.25, -0.2) is 4.79 Å². The summed E-state index contributed by atoms with van der Waals surface area (Å²) >= 11 is 0. The fourth-order valence-electron chi connectivity index (χ4n) is 4.26. The van der Waals surface area contributed by atoms with Gasteiger partial charge in [0.2, 0.25) is 5.91 Å². The molecule has 5 nitrogen and oxygen atoms in total. The maximum absolute atomic E-state index is 12.5. The van der Waals surface area contributed by atoms with E-state index >= 15 is 0 Å². The Hall–Kier alpha value is -1.10. The molecule has 1 amide bonds. The van der Waals surface area contributed by atoms with Crippen molar-refractivity contribution in [3.8, 4) is 0 Å². The molecule has 1 aliphatic heterocycles. The molecule has 0 radical (unpaired) electrons. The Bertz CT molecular complexity index is 428. The zero-order valence-electron chi connectivity index (χ0n) is 13.4. The number of amides is 1. The van der Waals surface area contributed by atoms with Gasteiger partial charge in [-0.2, -0.15) is 0 Å². The normalized spacial score (nSPS) is 29.5. The number of piperidine rings is 1. The van der Waals surface area contributed by atoms with Gasteiger partial charge in [-0.15, -0.1) is 0 Å². The number of carboxylic acid groups (broad SMARTS) is 1. The molecule has 1 atom stereocenters. The number of rotatable bonds is 4. The molecule has 0 bridgehead atoms. The molecule has 22 heavy (non-hydrogen) atoms. The van der Waals surface area contributed by atoms with Crippen LogP contribution in [-0.2, 0) is 9.59 Å². The van der Waals surface area contributed by atoms with E-state index in [1.165, 1.54) is 32.1 Å². The van der Waals surface area contributed by atoms with Gasteiger partial charge >= 0.3 is 5.97 Å². The summed E-state index contributed by atoms with van der Waals surface area (Å²) in [6.07, 6.45) is 10.5. The summed E-state index contributed by atoms with van der Waals surface area (Å²) in [5.41, 5.74) is -0.968. The van der Waals surface area contributed by atoms with Crippen LogP contribution in [0.1, 0.15) is 64.2 Å². The monoisotopic (exact) mass is 308 g/mol. The minimum Gasteiger partial charge on any atom is -0.480 e. The molecular formula is C17H28N2O3. The first-order valence-electron chi connectivity index (χ1n) is 8.90. The molecule has 3 rings (SSSR count). The van der Waals surface area contributed by atoms with Gasteiger partial charge in [0.15, 0.2) is 0 Å². The lowest BCUT2D eigenvalue weighted by atomic mass is 9.76. The molecule has 2 saturated carbocycles. The van der Waals surface area contributed by atoms with Crippen molar-refractivity contribution in [2.24, 2.45) is 5.92 Å². The number of nitrogens with one attached hydrogen (secondary N) is 1. The van der Waals surface area contributed by atoms with Crippen LogP contribution in [0, 0.1) is 5.92 Å². The highest BCUT2D eigenvalue weighted by atomic mass is 16.4. The number of aliphatic carboxylic acids is 1. The van der Waals surface area contributed by atoms with Crippen LogP contribution in [0.15, 0.2) is 0 Å². The molecule has 1 saturated heterocycles. The minimum atomic E-state index is -0.968. The Labute approximate surface area is 132 Å². The largest absolute Gasteiger partial charge is 0.480 e. The van der Waals surface area contributed by atoms with Gasteiger partial charge < -0.3 is 10.4 Å². The van der Waals surface area contributed by atoms with Crippen LogP contribution >= 0.6 is 0 Å². The van der Waals surface area contributed by atoms with Gasteiger partial charge in [0.25, 0.3) is 0 Å². The zero-order valence-corrected chi connectivity index (χ0v) is 13.4. The molecule has 0 aromatic heterocycles. The molecule has 3 aliphatic rings. The van der Waals surface area contributed by atoms with E-state index in [-0.39, 0.29) is 11.8 Å². The SMILES string of the molecule is O=C(NC1(C(=O)O)CCC1)[C@@H]1CCCN(C2CCCCC2)C1. The number of hydrogen-bond donors (Lipinski definition) is 2. The van der Waals surface area contributed by atoms with Crippen LogP contribution in [0.3, 0.4) is 0 Å². The van der Waals surface area contributed by atoms with E-state index in [1.807, 2.05) is 0 Å². The topological polar surface area (TPSA) is 69.6 Å². The second-order valence-electron chi connectivity index (χ2n) is 7.36. The summed E-state index contributed by atoms with van der Waals surface area (Å²) in [7, 11) is 0. The Morgan fingerprint density at radius 2 is 1.73 bits per heavy atom. The minimum absolute atomic E-state index is 0.0347. The lowest BCUT2D eigenvalue weighted by molar-refractivity contribution is -0.152. The van der Waals surface area contributed by atoms with Gasteiger partial charge in [0.05, 0.1) is 5.92 Å². The van der Waals surface area contributed by atoms with Crippen molar-refractivity contribution < 1.29 is 14.7 Å². The van der Waals surface area contributed by atoms with E-state index in [2.05, 4.69) is 10.2 Å². The number of carbonyl (C=O) groups is 2. The third kappa shape index (κ3) is 3.14. The Morgan fingerprint density at radius 3 is 2.32 bits per heavy atom. The fraction of sp³-hybridized carbons (Fsp3) is 0.882.